The van der Waals surface area contributed by atoms with E-state index in [1.165, 1.54) is 12.8 Å². The summed E-state index contributed by atoms with van der Waals surface area (Å²) >= 11 is 0. The highest BCUT2D eigenvalue weighted by molar-refractivity contribution is 5.92. The van der Waals surface area contributed by atoms with E-state index in [1.807, 2.05) is 29.8 Å². The first-order valence-electron chi connectivity index (χ1n) is 12.6. The minimum Gasteiger partial charge on any atom is -0.354 e. The number of piperidine rings is 1. The standard InChI is InChI=1S/C26H35N7O/c1-4-31-14-8-11-22(31)17-27-26(34)20-12-15-32(16-13-20)25-24-23(18(2)28-29-25)19(3)33(30-24)21-9-6-5-7-10-21/h5-7,9-10,20,22H,4,8,11-17H2,1-3H3,(H,27,34)/t22-/m0/s1. The van der Waals surface area contributed by atoms with E-state index in [2.05, 4.69) is 51.3 Å². The molecule has 2 aliphatic heterocycles. The van der Waals surface area contributed by atoms with Gasteiger partial charge >= 0.3 is 0 Å². The van der Waals surface area contributed by atoms with Crippen LogP contribution >= 0.6 is 0 Å². The highest BCUT2D eigenvalue weighted by Gasteiger charge is 2.29. The van der Waals surface area contributed by atoms with Crippen LogP contribution in [-0.2, 0) is 4.79 Å². The van der Waals surface area contributed by atoms with Gasteiger partial charge in [-0.3, -0.25) is 9.69 Å². The Bertz CT molecular complexity index is 1150. The third kappa shape index (κ3) is 4.27. The number of hydrogen-bond donors (Lipinski definition) is 1. The van der Waals surface area contributed by atoms with Gasteiger partial charge in [0.1, 0.15) is 5.52 Å². The molecule has 4 heterocycles. The zero-order valence-corrected chi connectivity index (χ0v) is 20.5. The van der Waals surface area contributed by atoms with Gasteiger partial charge in [0.15, 0.2) is 5.82 Å². The van der Waals surface area contributed by atoms with Gasteiger partial charge in [-0.1, -0.05) is 25.1 Å². The van der Waals surface area contributed by atoms with E-state index in [-0.39, 0.29) is 11.8 Å². The van der Waals surface area contributed by atoms with Crippen molar-refractivity contribution in [1.29, 1.82) is 0 Å². The van der Waals surface area contributed by atoms with Crippen LogP contribution in [0.5, 0.6) is 0 Å². The number of aryl methyl sites for hydroxylation is 2. The normalized spacial score (nSPS) is 19.7. The van der Waals surface area contributed by atoms with Crippen molar-refractivity contribution in [3.05, 3.63) is 41.7 Å². The van der Waals surface area contributed by atoms with Crippen molar-refractivity contribution in [2.45, 2.75) is 52.5 Å². The highest BCUT2D eigenvalue weighted by atomic mass is 16.1. The van der Waals surface area contributed by atoms with Crippen molar-refractivity contribution in [2.24, 2.45) is 5.92 Å². The van der Waals surface area contributed by atoms with Gasteiger partial charge in [-0.25, -0.2) is 4.68 Å². The SMILES string of the molecule is CCN1CCC[C@H]1CNC(=O)C1CCN(c2nnc(C)c3c(C)n(-c4ccccc4)nc23)CC1. The smallest absolute Gasteiger partial charge is 0.223 e. The zero-order valence-electron chi connectivity index (χ0n) is 20.5. The molecule has 2 aliphatic rings. The van der Waals surface area contributed by atoms with Crippen molar-refractivity contribution in [2.75, 3.05) is 37.6 Å². The van der Waals surface area contributed by atoms with Crippen LogP contribution in [0.15, 0.2) is 30.3 Å². The Morgan fingerprint density at radius 3 is 2.56 bits per heavy atom. The molecule has 1 amide bonds. The van der Waals surface area contributed by atoms with Crippen molar-refractivity contribution >= 4 is 22.6 Å². The van der Waals surface area contributed by atoms with Gasteiger partial charge in [-0.15, -0.1) is 5.10 Å². The van der Waals surface area contributed by atoms with E-state index in [0.717, 1.165) is 79.4 Å². The Labute approximate surface area is 201 Å². The van der Waals surface area contributed by atoms with Gasteiger partial charge in [0.2, 0.25) is 5.91 Å². The van der Waals surface area contributed by atoms with Gasteiger partial charge < -0.3 is 10.2 Å². The molecule has 34 heavy (non-hydrogen) atoms. The number of fused-ring (bicyclic) bond motifs is 1. The average Bonchev–Trinajstić information content (AvgIpc) is 3.48. The molecular formula is C26H35N7O. The fraction of sp³-hybridized carbons (Fsp3) is 0.538. The molecule has 8 heteroatoms. The van der Waals surface area contributed by atoms with Crippen LogP contribution in [0.3, 0.4) is 0 Å². The number of hydrogen-bond acceptors (Lipinski definition) is 6. The Morgan fingerprint density at radius 1 is 1.06 bits per heavy atom. The molecular weight excluding hydrogens is 426 g/mol. The Kier molecular flexibility index (Phi) is 6.50. The number of benzene rings is 1. The van der Waals surface area contributed by atoms with E-state index in [4.69, 9.17) is 5.10 Å². The topological polar surface area (TPSA) is 79.2 Å². The third-order valence-electron chi connectivity index (χ3n) is 7.57. The monoisotopic (exact) mass is 461 g/mol. The number of likely N-dealkylation sites (N-methyl/N-ethyl adjacent to an activating group) is 1. The minimum absolute atomic E-state index is 0.0604. The quantitative estimate of drug-likeness (QED) is 0.607. The first-order valence-corrected chi connectivity index (χ1v) is 12.6. The number of aromatic nitrogens is 4. The van der Waals surface area contributed by atoms with E-state index in [1.54, 1.807) is 0 Å². The summed E-state index contributed by atoms with van der Waals surface area (Å²) in [4.78, 5) is 17.6. The summed E-state index contributed by atoms with van der Waals surface area (Å²) in [6.07, 6.45) is 4.06. The maximum Gasteiger partial charge on any atom is 0.223 e. The molecule has 0 radical (unpaired) electrons. The van der Waals surface area contributed by atoms with Crippen LogP contribution in [0.4, 0.5) is 5.82 Å². The lowest BCUT2D eigenvalue weighted by atomic mass is 9.95. The fourth-order valence-electron chi connectivity index (χ4n) is 5.60. The van der Waals surface area contributed by atoms with Gasteiger partial charge in [-0.05, 0) is 64.8 Å². The molecule has 8 nitrogen and oxygen atoms in total. The third-order valence-corrected chi connectivity index (χ3v) is 7.57. The highest BCUT2D eigenvalue weighted by Crippen LogP contribution is 2.31. The van der Waals surface area contributed by atoms with E-state index >= 15 is 0 Å². The number of rotatable bonds is 6. The van der Waals surface area contributed by atoms with Crippen LogP contribution in [0.1, 0.15) is 44.0 Å². The number of anilines is 1. The average molecular weight is 462 g/mol. The summed E-state index contributed by atoms with van der Waals surface area (Å²) in [5.41, 5.74) is 3.87. The predicted molar refractivity (Wildman–Crippen MR) is 134 cm³/mol. The number of likely N-dealkylation sites (tertiary alicyclic amines) is 1. The number of para-hydroxylation sites is 1. The minimum atomic E-state index is 0.0604. The molecule has 2 saturated heterocycles. The van der Waals surface area contributed by atoms with Crippen LogP contribution in [0, 0.1) is 19.8 Å². The second-order valence-corrected chi connectivity index (χ2v) is 9.60. The number of carbonyl (C=O) groups excluding carboxylic acids is 1. The first-order chi connectivity index (χ1) is 16.6. The lowest BCUT2D eigenvalue weighted by Gasteiger charge is -2.32. The van der Waals surface area contributed by atoms with E-state index in [0.29, 0.717) is 6.04 Å². The maximum atomic E-state index is 12.9. The zero-order chi connectivity index (χ0) is 23.7. The molecule has 2 fully saturated rings. The molecule has 1 aromatic carbocycles. The Morgan fingerprint density at radius 2 is 1.82 bits per heavy atom. The molecule has 5 rings (SSSR count). The molecule has 0 spiro atoms. The molecule has 2 aromatic heterocycles. The second kappa shape index (κ2) is 9.70. The number of amides is 1. The van der Waals surface area contributed by atoms with Crippen LogP contribution in [0.2, 0.25) is 0 Å². The molecule has 0 aliphatic carbocycles. The summed E-state index contributed by atoms with van der Waals surface area (Å²) < 4.78 is 1.98. The van der Waals surface area contributed by atoms with Crippen molar-refractivity contribution < 1.29 is 4.79 Å². The molecule has 3 aromatic rings. The number of carbonyl (C=O) groups is 1. The largest absolute Gasteiger partial charge is 0.354 e. The van der Waals surface area contributed by atoms with Crippen LogP contribution < -0.4 is 10.2 Å². The number of nitrogens with zero attached hydrogens (tertiary/aromatic N) is 6. The van der Waals surface area contributed by atoms with Gasteiger partial charge in [0, 0.05) is 31.6 Å². The summed E-state index contributed by atoms with van der Waals surface area (Å²) in [6.45, 7) is 10.8. The lowest BCUT2D eigenvalue weighted by molar-refractivity contribution is -0.125. The molecule has 1 N–H and O–H groups in total. The molecule has 180 valence electrons. The molecule has 0 bridgehead atoms. The van der Waals surface area contributed by atoms with Crippen LogP contribution in [-0.4, -0.2) is 69.6 Å². The molecule has 0 saturated carbocycles. The summed E-state index contributed by atoms with van der Waals surface area (Å²) in [6, 6.07) is 10.7. The van der Waals surface area contributed by atoms with Crippen molar-refractivity contribution in [3.63, 3.8) is 0 Å². The molecule has 1 atom stereocenters. The molecule has 0 unspecified atom stereocenters. The van der Waals surface area contributed by atoms with Crippen LogP contribution in [0.25, 0.3) is 16.6 Å². The van der Waals surface area contributed by atoms with Gasteiger partial charge in [0.25, 0.3) is 0 Å². The first kappa shape index (κ1) is 22.8. The van der Waals surface area contributed by atoms with E-state index < -0.39 is 0 Å². The number of nitrogens with one attached hydrogen (secondary N) is 1. The lowest BCUT2D eigenvalue weighted by Crippen LogP contribution is -2.45. The Hall–Kier alpha value is -3.00. The Balaban J connectivity index is 1.28. The van der Waals surface area contributed by atoms with Crippen molar-refractivity contribution in [1.82, 2.24) is 30.2 Å². The summed E-state index contributed by atoms with van der Waals surface area (Å²) in [7, 11) is 0. The van der Waals surface area contributed by atoms with Crippen molar-refractivity contribution in [3.8, 4) is 5.69 Å². The van der Waals surface area contributed by atoms with Gasteiger partial charge in [-0.2, -0.15) is 10.2 Å². The fourth-order valence-corrected chi connectivity index (χ4v) is 5.60. The maximum absolute atomic E-state index is 12.9. The summed E-state index contributed by atoms with van der Waals surface area (Å²) in [5, 5.41) is 18.3. The summed E-state index contributed by atoms with van der Waals surface area (Å²) in [5.74, 6) is 1.08. The van der Waals surface area contributed by atoms with Gasteiger partial charge in [0.05, 0.1) is 22.5 Å². The predicted octanol–water partition coefficient (Wildman–Crippen LogP) is 3.25. The second-order valence-electron chi connectivity index (χ2n) is 9.60. The van der Waals surface area contributed by atoms with E-state index in [9.17, 15) is 4.79 Å².